The van der Waals surface area contributed by atoms with Crippen LogP contribution < -0.4 is 0 Å². The number of hydrogen-bond acceptors (Lipinski definition) is 2. The van der Waals surface area contributed by atoms with Gasteiger partial charge in [-0.3, -0.25) is 0 Å². The average Bonchev–Trinajstić information content (AvgIpc) is 2.27. The molecule has 3 nitrogen and oxygen atoms in total. The first-order valence-corrected chi connectivity index (χ1v) is 6.05. The number of carbonyl (C=O) groups is 1. The molecule has 1 aromatic rings. The van der Waals surface area contributed by atoms with E-state index in [2.05, 4.69) is 22.0 Å². The molecule has 0 radical (unpaired) electrons. The number of carboxylic acid groups (broad SMARTS) is 1. The Morgan fingerprint density at radius 2 is 2.19 bits per heavy atom. The van der Waals surface area contributed by atoms with Crippen molar-refractivity contribution in [3.63, 3.8) is 0 Å². The minimum absolute atomic E-state index is 0.161. The predicted octanol–water partition coefficient (Wildman–Crippen LogP) is 2.00. The fourth-order valence-electron chi connectivity index (χ4n) is 2.22. The van der Waals surface area contributed by atoms with Crippen molar-refractivity contribution in [2.75, 3.05) is 0 Å². The van der Waals surface area contributed by atoms with Crippen LogP contribution in [-0.4, -0.2) is 22.3 Å². The lowest BCUT2D eigenvalue weighted by molar-refractivity contribution is -0.149. The number of fused-ring (bicyclic) bond motifs is 1. The summed E-state index contributed by atoms with van der Waals surface area (Å²) < 4.78 is 1.04. The maximum absolute atomic E-state index is 10.7. The first kappa shape index (κ1) is 11.6. The normalized spacial score (nSPS) is 21.2. The van der Waals surface area contributed by atoms with E-state index in [-0.39, 0.29) is 5.92 Å². The van der Waals surface area contributed by atoms with Crippen molar-refractivity contribution in [2.45, 2.75) is 25.4 Å². The Morgan fingerprint density at radius 1 is 1.44 bits per heavy atom. The van der Waals surface area contributed by atoms with Gasteiger partial charge in [0.05, 0.1) is 0 Å². The molecule has 2 N–H and O–H groups in total. The summed E-state index contributed by atoms with van der Waals surface area (Å²) in [5, 5.41) is 18.3. The van der Waals surface area contributed by atoms with E-state index in [1.165, 1.54) is 5.56 Å². The van der Waals surface area contributed by atoms with Crippen LogP contribution in [0.2, 0.25) is 0 Å². The molecule has 1 aliphatic carbocycles. The lowest BCUT2D eigenvalue weighted by atomic mass is 9.81. The van der Waals surface area contributed by atoms with Crippen LogP contribution in [0.25, 0.3) is 0 Å². The van der Waals surface area contributed by atoms with E-state index in [9.17, 15) is 9.90 Å². The second-order valence-corrected chi connectivity index (χ2v) is 5.11. The van der Waals surface area contributed by atoms with Crippen molar-refractivity contribution in [2.24, 2.45) is 5.92 Å². The molecule has 0 spiro atoms. The summed E-state index contributed by atoms with van der Waals surface area (Å²) in [6.45, 7) is 0. The average molecular weight is 285 g/mol. The Bertz CT molecular complexity index is 417. The molecule has 2 unspecified atom stereocenters. The second kappa shape index (κ2) is 4.55. The van der Waals surface area contributed by atoms with Crippen LogP contribution in [0, 0.1) is 5.92 Å². The van der Waals surface area contributed by atoms with Crippen molar-refractivity contribution in [1.29, 1.82) is 0 Å². The quantitative estimate of drug-likeness (QED) is 0.873. The van der Waals surface area contributed by atoms with Gasteiger partial charge in [0.2, 0.25) is 0 Å². The van der Waals surface area contributed by atoms with Gasteiger partial charge in [-0.05, 0) is 48.4 Å². The smallest absolute Gasteiger partial charge is 0.332 e. The third-order valence-electron chi connectivity index (χ3n) is 3.13. The zero-order valence-electron chi connectivity index (χ0n) is 8.69. The molecule has 0 heterocycles. The minimum Gasteiger partial charge on any atom is -0.479 e. The zero-order valence-corrected chi connectivity index (χ0v) is 10.3. The van der Waals surface area contributed by atoms with Gasteiger partial charge in [-0.1, -0.05) is 22.0 Å². The number of aliphatic hydroxyl groups excluding tert-OH is 1. The van der Waals surface area contributed by atoms with Crippen LogP contribution in [0.3, 0.4) is 0 Å². The molecule has 2 atom stereocenters. The van der Waals surface area contributed by atoms with Crippen LogP contribution in [-0.2, 0) is 17.6 Å². The van der Waals surface area contributed by atoms with Gasteiger partial charge in [-0.2, -0.15) is 0 Å². The molecule has 1 aliphatic rings. The topological polar surface area (TPSA) is 57.5 Å². The standard InChI is InChI=1S/C12H13BrO3/c13-10-4-3-7-5-9(11(14)12(15)16)2-1-8(7)6-10/h3-4,6,9,11,14H,1-2,5H2,(H,15,16). The summed E-state index contributed by atoms with van der Waals surface area (Å²) in [6, 6.07) is 6.02. The van der Waals surface area contributed by atoms with Crippen LogP contribution >= 0.6 is 15.9 Å². The van der Waals surface area contributed by atoms with E-state index in [0.717, 1.165) is 22.9 Å². The number of aliphatic carboxylic acids is 1. The number of aryl methyl sites for hydroxylation is 1. The number of hydrogen-bond donors (Lipinski definition) is 2. The number of rotatable bonds is 2. The van der Waals surface area contributed by atoms with Gasteiger partial charge >= 0.3 is 5.97 Å². The fourth-order valence-corrected chi connectivity index (χ4v) is 2.63. The van der Waals surface area contributed by atoms with Crippen molar-refractivity contribution >= 4 is 21.9 Å². The molecule has 0 fully saturated rings. The third kappa shape index (κ3) is 2.28. The summed E-state index contributed by atoms with van der Waals surface area (Å²) >= 11 is 3.41. The maximum atomic E-state index is 10.7. The van der Waals surface area contributed by atoms with E-state index in [0.29, 0.717) is 6.42 Å². The highest BCUT2D eigenvalue weighted by Gasteiger charge is 2.29. The molecule has 2 rings (SSSR count). The summed E-state index contributed by atoms with van der Waals surface area (Å²) in [7, 11) is 0. The van der Waals surface area contributed by atoms with Crippen LogP contribution in [0.4, 0.5) is 0 Å². The molecule has 1 aromatic carbocycles. The van der Waals surface area contributed by atoms with Gasteiger partial charge in [0.15, 0.2) is 6.10 Å². The number of aliphatic hydroxyl groups is 1. The van der Waals surface area contributed by atoms with E-state index < -0.39 is 12.1 Å². The van der Waals surface area contributed by atoms with E-state index in [1.54, 1.807) is 0 Å². The van der Waals surface area contributed by atoms with E-state index >= 15 is 0 Å². The molecule has 4 heteroatoms. The van der Waals surface area contributed by atoms with Gasteiger partial charge in [0.1, 0.15) is 0 Å². The second-order valence-electron chi connectivity index (χ2n) is 4.20. The molecular formula is C12H13BrO3. The maximum Gasteiger partial charge on any atom is 0.332 e. The highest BCUT2D eigenvalue weighted by Crippen LogP contribution is 2.29. The largest absolute Gasteiger partial charge is 0.479 e. The molecule has 0 saturated carbocycles. The van der Waals surface area contributed by atoms with Crippen molar-refractivity contribution in [1.82, 2.24) is 0 Å². The minimum atomic E-state index is -1.24. The molecule has 0 aliphatic heterocycles. The number of carboxylic acids is 1. The zero-order chi connectivity index (χ0) is 11.7. The first-order valence-electron chi connectivity index (χ1n) is 5.26. The molecular weight excluding hydrogens is 272 g/mol. The predicted molar refractivity (Wildman–Crippen MR) is 63.3 cm³/mol. The lowest BCUT2D eigenvalue weighted by Gasteiger charge is -2.26. The Kier molecular flexibility index (Phi) is 3.30. The molecule has 16 heavy (non-hydrogen) atoms. The monoisotopic (exact) mass is 284 g/mol. The number of benzene rings is 1. The van der Waals surface area contributed by atoms with Crippen LogP contribution in [0.1, 0.15) is 17.5 Å². The summed E-state index contributed by atoms with van der Waals surface area (Å²) in [5.41, 5.74) is 2.41. The van der Waals surface area contributed by atoms with Crippen LogP contribution in [0.15, 0.2) is 22.7 Å². The van der Waals surface area contributed by atoms with Gasteiger partial charge in [-0.15, -0.1) is 0 Å². The molecule has 0 aromatic heterocycles. The van der Waals surface area contributed by atoms with E-state index in [4.69, 9.17) is 5.11 Å². The Labute approximate surface area is 102 Å². The molecule has 86 valence electrons. The Morgan fingerprint density at radius 3 is 2.88 bits per heavy atom. The highest BCUT2D eigenvalue weighted by atomic mass is 79.9. The van der Waals surface area contributed by atoms with Crippen LogP contribution in [0.5, 0.6) is 0 Å². The lowest BCUT2D eigenvalue weighted by Crippen LogP contribution is -2.33. The van der Waals surface area contributed by atoms with Gasteiger partial charge in [0.25, 0.3) is 0 Å². The Balaban J connectivity index is 2.18. The van der Waals surface area contributed by atoms with E-state index in [1.807, 2.05) is 12.1 Å². The number of halogens is 1. The Hall–Kier alpha value is -0.870. The van der Waals surface area contributed by atoms with Gasteiger partial charge < -0.3 is 10.2 Å². The fraction of sp³-hybridized carbons (Fsp3) is 0.417. The first-order chi connectivity index (χ1) is 7.58. The van der Waals surface area contributed by atoms with Crippen molar-refractivity contribution < 1.29 is 15.0 Å². The van der Waals surface area contributed by atoms with Crippen molar-refractivity contribution in [3.05, 3.63) is 33.8 Å². The van der Waals surface area contributed by atoms with Gasteiger partial charge in [0, 0.05) is 4.47 Å². The highest BCUT2D eigenvalue weighted by molar-refractivity contribution is 9.10. The third-order valence-corrected chi connectivity index (χ3v) is 3.63. The molecule has 0 amide bonds. The van der Waals surface area contributed by atoms with Crippen molar-refractivity contribution in [3.8, 4) is 0 Å². The van der Waals surface area contributed by atoms with Gasteiger partial charge in [-0.25, -0.2) is 4.79 Å². The molecule has 0 saturated heterocycles. The molecule has 0 bridgehead atoms. The SMILES string of the molecule is O=C(O)C(O)C1CCc2cc(Br)ccc2C1. The summed E-state index contributed by atoms with van der Waals surface area (Å²) in [6.07, 6.45) is 0.980. The summed E-state index contributed by atoms with van der Waals surface area (Å²) in [4.78, 5) is 10.7. The summed E-state index contributed by atoms with van der Waals surface area (Å²) in [5.74, 6) is -1.28.